The quantitative estimate of drug-likeness (QED) is 0.668. The van der Waals surface area contributed by atoms with Crippen molar-refractivity contribution in [2.75, 3.05) is 20.6 Å². The number of benzene rings is 3. The van der Waals surface area contributed by atoms with E-state index in [-0.39, 0.29) is 17.3 Å². The van der Waals surface area contributed by atoms with E-state index in [0.717, 1.165) is 20.6 Å². The molecule has 0 heterocycles. The van der Waals surface area contributed by atoms with Crippen LogP contribution >= 0.6 is 0 Å². The first-order chi connectivity index (χ1) is 13.3. The Hall–Kier alpha value is -2.74. The summed E-state index contributed by atoms with van der Waals surface area (Å²) in [7, 11) is -0.642. The van der Waals surface area contributed by atoms with Crippen LogP contribution in [0.5, 0.6) is 0 Å². The fourth-order valence-corrected chi connectivity index (χ4v) is 3.83. The zero-order chi connectivity index (χ0) is 20.3. The molecule has 28 heavy (non-hydrogen) atoms. The Morgan fingerprint density at radius 2 is 1.64 bits per heavy atom. The summed E-state index contributed by atoms with van der Waals surface area (Å²) in [6.07, 6.45) is -0.858. The van der Waals surface area contributed by atoms with E-state index in [4.69, 9.17) is 0 Å². The van der Waals surface area contributed by atoms with Crippen molar-refractivity contribution < 1.29 is 18.3 Å². The first kappa shape index (κ1) is 20.0. The number of hydrogen-bond acceptors (Lipinski definition) is 4. The molecule has 0 radical (unpaired) electrons. The molecule has 0 spiro atoms. The highest BCUT2D eigenvalue weighted by molar-refractivity contribution is 7.89. The number of aliphatic hydroxyl groups is 1. The van der Waals surface area contributed by atoms with Crippen molar-refractivity contribution in [3.05, 3.63) is 77.9 Å². The first-order valence-electron chi connectivity index (χ1n) is 8.77. The molecule has 6 nitrogen and oxygen atoms in total. The molecule has 0 saturated carbocycles. The molecule has 3 aromatic rings. The predicted molar refractivity (Wildman–Crippen MR) is 109 cm³/mol. The number of nitrogens with one attached hydrogen (secondary N) is 1. The van der Waals surface area contributed by atoms with Gasteiger partial charge >= 0.3 is 0 Å². The second-order valence-corrected chi connectivity index (χ2v) is 8.76. The van der Waals surface area contributed by atoms with Gasteiger partial charge in [0.05, 0.1) is 11.0 Å². The lowest BCUT2D eigenvalue weighted by Gasteiger charge is -2.15. The third-order valence-electron chi connectivity index (χ3n) is 4.53. The molecule has 3 aromatic carbocycles. The molecule has 0 aromatic heterocycles. The maximum Gasteiger partial charge on any atom is 0.251 e. The fourth-order valence-electron chi connectivity index (χ4n) is 2.93. The monoisotopic (exact) mass is 398 g/mol. The minimum absolute atomic E-state index is 0.0462. The van der Waals surface area contributed by atoms with Gasteiger partial charge in [0.25, 0.3) is 5.91 Å². The summed E-state index contributed by atoms with van der Waals surface area (Å²) < 4.78 is 25.3. The van der Waals surface area contributed by atoms with Gasteiger partial charge in [-0.15, -0.1) is 0 Å². The molecule has 2 N–H and O–H groups in total. The molecule has 146 valence electrons. The van der Waals surface area contributed by atoms with Gasteiger partial charge < -0.3 is 10.4 Å². The number of fused-ring (bicyclic) bond motifs is 1. The van der Waals surface area contributed by atoms with Crippen LogP contribution in [0.3, 0.4) is 0 Å². The van der Waals surface area contributed by atoms with E-state index in [1.54, 1.807) is 0 Å². The van der Waals surface area contributed by atoms with Crippen molar-refractivity contribution in [2.45, 2.75) is 11.0 Å². The van der Waals surface area contributed by atoms with E-state index in [0.29, 0.717) is 5.56 Å². The maximum atomic E-state index is 12.4. The summed E-state index contributed by atoms with van der Waals surface area (Å²) in [5, 5.41) is 15.2. The van der Waals surface area contributed by atoms with Gasteiger partial charge in [0.2, 0.25) is 10.0 Å². The number of amides is 1. The van der Waals surface area contributed by atoms with Crippen molar-refractivity contribution in [3.8, 4) is 0 Å². The van der Waals surface area contributed by atoms with Crippen molar-refractivity contribution in [2.24, 2.45) is 0 Å². The average Bonchev–Trinajstić information content (AvgIpc) is 2.71. The molecule has 0 fully saturated rings. The molecule has 3 rings (SSSR count). The maximum absolute atomic E-state index is 12.4. The molecule has 7 heteroatoms. The molecule has 0 bridgehead atoms. The number of aliphatic hydroxyl groups excluding tert-OH is 1. The first-order valence-corrected chi connectivity index (χ1v) is 10.2. The van der Waals surface area contributed by atoms with Crippen LogP contribution in [-0.2, 0) is 10.0 Å². The largest absolute Gasteiger partial charge is 0.387 e. The highest BCUT2D eigenvalue weighted by atomic mass is 32.2. The summed E-state index contributed by atoms with van der Waals surface area (Å²) in [4.78, 5) is 12.5. The van der Waals surface area contributed by atoms with Crippen LogP contribution < -0.4 is 5.32 Å². The lowest BCUT2D eigenvalue weighted by molar-refractivity contribution is 0.0917. The van der Waals surface area contributed by atoms with E-state index in [9.17, 15) is 18.3 Å². The Bertz CT molecular complexity index is 1090. The summed E-state index contributed by atoms with van der Waals surface area (Å²) in [5.74, 6) is -0.381. The Balaban J connectivity index is 1.70. The van der Waals surface area contributed by atoms with Gasteiger partial charge in [-0.25, -0.2) is 12.7 Å². The van der Waals surface area contributed by atoms with Crippen molar-refractivity contribution in [3.63, 3.8) is 0 Å². The summed E-state index contributed by atoms with van der Waals surface area (Å²) in [5.41, 5.74) is 1.06. The number of sulfonamides is 1. The van der Waals surface area contributed by atoms with Gasteiger partial charge in [0, 0.05) is 26.2 Å². The van der Waals surface area contributed by atoms with Gasteiger partial charge in [0.1, 0.15) is 0 Å². The lowest BCUT2D eigenvalue weighted by Crippen LogP contribution is -2.28. The van der Waals surface area contributed by atoms with E-state index in [1.807, 2.05) is 42.5 Å². The Labute approximate surface area is 164 Å². The van der Waals surface area contributed by atoms with Crippen molar-refractivity contribution in [1.82, 2.24) is 9.62 Å². The third-order valence-corrected chi connectivity index (χ3v) is 6.36. The zero-order valence-corrected chi connectivity index (χ0v) is 16.5. The molecular weight excluding hydrogens is 376 g/mol. The fraction of sp³-hybridized carbons (Fsp3) is 0.190. The second kappa shape index (κ2) is 8.10. The smallest absolute Gasteiger partial charge is 0.251 e. The van der Waals surface area contributed by atoms with Gasteiger partial charge in [-0.1, -0.05) is 42.5 Å². The molecule has 1 atom stereocenters. The standard InChI is InChI=1S/C21H22N2O4S/c1-23(2)28(26,27)17-12-10-16(11-13-17)21(25)22-14-20(24)19-9-5-7-15-6-3-4-8-18(15)19/h3-13,20,24H,14H2,1-2H3,(H,22,25)/t20-/m1/s1. The number of rotatable bonds is 6. The summed E-state index contributed by atoms with van der Waals surface area (Å²) in [6.45, 7) is 0.0462. The number of carbonyl (C=O) groups excluding carboxylic acids is 1. The van der Waals surface area contributed by atoms with Crippen LogP contribution in [0.15, 0.2) is 71.6 Å². The highest BCUT2D eigenvalue weighted by Crippen LogP contribution is 2.24. The molecule has 0 aliphatic heterocycles. The topological polar surface area (TPSA) is 86.7 Å². The highest BCUT2D eigenvalue weighted by Gasteiger charge is 2.18. The van der Waals surface area contributed by atoms with Crippen LogP contribution in [0.1, 0.15) is 22.0 Å². The van der Waals surface area contributed by atoms with Crippen LogP contribution in [0.2, 0.25) is 0 Å². The van der Waals surface area contributed by atoms with Crippen LogP contribution in [0.25, 0.3) is 10.8 Å². The minimum atomic E-state index is -3.54. The van der Waals surface area contributed by atoms with Gasteiger partial charge in [-0.3, -0.25) is 4.79 Å². The van der Waals surface area contributed by atoms with Gasteiger partial charge in [0.15, 0.2) is 0 Å². The SMILES string of the molecule is CN(C)S(=O)(=O)c1ccc(C(=O)NC[C@@H](O)c2cccc3ccccc23)cc1. The zero-order valence-electron chi connectivity index (χ0n) is 15.7. The predicted octanol–water partition coefficient (Wildman–Crippen LogP) is 2.55. The van der Waals surface area contributed by atoms with Crippen molar-refractivity contribution >= 4 is 26.7 Å². The van der Waals surface area contributed by atoms with E-state index >= 15 is 0 Å². The van der Waals surface area contributed by atoms with Gasteiger partial charge in [-0.05, 0) is 40.6 Å². The van der Waals surface area contributed by atoms with E-state index < -0.39 is 16.1 Å². The summed E-state index contributed by atoms with van der Waals surface area (Å²) in [6, 6.07) is 19.1. The average molecular weight is 398 g/mol. The third kappa shape index (κ3) is 4.06. The Morgan fingerprint density at radius 1 is 1.00 bits per heavy atom. The van der Waals surface area contributed by atoms with E-state index in [2.05, 4.69) is 5.32 Å². The number of carbonyl (C=O) groups is 1. The molecule has 1 amide bonds. The molecule has 0 saturated heterocycles. The van der Waals surface area contributed by atoms with Crippen LogP contribution in [-0.4, -0.2) is 44.4 Å². The Kier molecular flexibility index (Phi) is 5.79. The molecule has 0 aliphatic carbocycles. The van der Waals surface area contributed by atoms with Gasteiger partial charge in [-0.2, -0.15) is 0 Å². The lowest BCUT2D eigenvalue weighted by atomic mass is 10.0. The molecule has 0 unspecified atom stereocenters. The normalized spacial score (nSPS) is 12.9. The number of hydrogen-bond donors (Lipinski definition) is 2. The second-order valence-electron chi connectivity index (χ2n) is 6.61. The van der Waals surface area contributed by atoms with E-state index in [1.165, 1.54) is 38.4 Å². The number of nitrogens with zero attached hydrogens (tertiary/aromatic N) is 1. The van der Waals surface area contributed by atoms with Crippen LogP contribution in [0.4, 0.5) is 0 Å². The Morgan fingerprint density at radius 3 is 2.32 bits per heavy atom. The van der Waals surface area contributed by atoms with Crippen molar-refractivity contribution in [1.29, 1.82) is 0 Å². The minimum Gasteiger partial charge on any atom is -0.387 e. The molecular formula is C21H22N2O4S. The summed E-state index contributed by atoms with van der Waals surface area (Å²) >= 11 is 0. The van der Waals surface area contributed by atoms with Crippen LogP contribution in [0, 0.1) is 0 Å². The molecule has 0 aliphatic rings.